The van der Waals surface area contributed by atoms with Gasteiger partial charge in [-0.15, -0.1) is 0 Å². The second-order valence-corrected chi connectivity index (χ2v) is 2.98. The minimum Gasteiger partial charge on any atom is -0.459 e. The van der Waals surface area contributed by atoms with Crippen molar-refractivity contribution in [3.8, 4) is 0 Å². The van der Waals surface area contributed by atoms with Crippen LogP contribution in [-0.2, 0) is 14.3 Å². The SMILES string of the molecule is C=C(C)C(=O)OC[C](C)OCCCO. The molecule has 81 valence electrons. The lowest BCUT2D eigenvalue weighted by atomic mass is 10.3. The summed E-state index contributed by atoms with van der Waals surface area (Å²) in [5.41, 5.74) is 0.369. The number of esters is 1. The first-order valence-electron chi connectivity index (χ1n) is 4.46. The van der Waals surface area contributed by atoms with E-state index in [-0.39, 0.29) is 13.2 Å². The van der Waals surface area contributed by atoms with Gasteiger partial charge in [0.25, 0.3) is 0 Å². The number of carbonyl (C=O) groups excluding carboxylic acids is 1. The number of aliphatic hydroxyl groups is 1. The van der Waals surface area contributed by atoms with Gasteiger partial charge in [0.15, 0.2) is 0 Å². The van der Waals surface area contributed by atoms with Crippen LogP contribution in [0.4, 0.5) is 0 Å². The van der Waals surface area contributed by atoms with E-state index in [0.29, 0.717) is 24.7 Å². The third-order valence-electron chi connectivity index (χ3n) is 1.41. The van der Waals surface area contributed by atoms with Crippen molar-refractivity contribution < 1.29 is 19.4 Å². The molecule has 4 nitrogen and oxygen atoms in total. The predicted molar refractivity (Wildman–Crippen MR) is 52.3 cm³/mol. The van der Waals surface area contributed by atoms with Crippen LogP contribution >= 0.6 is 0 Å². The second kappa shape index (κ2) is 7.53. The number of rotatable bonds is 7. The molecule has 1 radical (unpaired) electrons. The predicted octanol–water partition coefficient (Wildman–Crippen LogP) is 1.06. The molecule has 4 heteroatoms. The van der Waals surface area contributed by atoms with Gasteiger partial charge in [0.05, 0.1) is 0 Å². The number of ether oxygens (including phenoxy) is 2. The van der Waals surface area contributed by atoms with Crippen LogP contribution in [0.25, 0.3) is 0 Å². The van der Waals surface area contributed by atoms with Gasteiger partial charge in [0.2, 0.25) is 0 Å². The number of aliphatic hydroxyl groups excluding tert-OH is 1. The Morgan fingerprint density at radius 1 is 1.36 bits per heavy atom. The van der Waals surface area contributed by atoms with E-state index in [1.807, 2.05) is 0 Å². The number of hydrogen-bond donors (Lipinski definition) is 1. The minimum absolute atomic E-state index is 0.0961. The van der Waals surface area contributed by atoms with E-state index in [2.05, 4.69) is 6.58 Å². The van der Waals surface area contributed by atoms with Gasteiger partial charge in [-0.1, -0.05) is 6.58 Å². The van der Waals surface area contributed by atoms with Gasteiger partial charge in [0.1, 0.15) is 12.7 Å². The maximum absolute atomic E-state index is 10.9. The van der Waals surface area contributed by atoms with E-state index in [1.165, 1.54) is 0 Å². The van der Waals surface area contributed by atoms with Gasteiger partial charge >= 0.3 is 5.97 Å². The molecule has 0 saturated carbocycles. The fourth-order valence-corrected chi connectivity index (χ4v) is 0.643. The van der Waals surface area contributed by atoms with E-state index in [9.17, 15) is 4.79 Å². The van der Waals surface area contributed by atoms with Crippen molar-refractivity contribution in [3.05, 3.63) is 18.3 Å². The smallest absolute Gasteiger partial charge is 0.333 e. The van der Waals surface area contributed by atoms with E-state index in [0.717, 1.165) is 0 Å². The Bertz CT molecular complexity index is 189. The van der Waals surface area contributed by atoms with Crippen molar-refractivity contribution in [1.29, 1.82) is 0 Å². The molecule has 0 aliphatic heterocycles. The van der Waals surface area contributed by atoms with E-state index in [1.54, 1.807) is 13.8 Å². The van der Waals surface area contributed by atoms with Crippen molar-refractivity contribution in [2.24, 2.45) is 0 Å². The minimum atomic E-state index is -0.421. The van der Waals surface area contributed by atoms with Crippen LogP contribution in [-0.4, -0.2) is 30.9 Å². The maximum Gasteiger partial charge on any atom is 0.333 e. The molecule has 14 heavy (non-hydrogen) atoms. The van der Waals surface area contributed by atoms with Crippen LogP contribution in [0, 0.1) is 6.10 Å². The maximum atomic E-state index is 10.9. The fourth-order valence-electron chi connectivity index (χ4n) is 0.643. The molecular formula is C10H17O4. The van der Waals surface area contributed by atoms with Crippen LogP contribution in [0.5, 0.6) is 0 Å². The summed E-state index contributed by atoms with van der Waals surface area (Å²) < 4.78 is 10.00. The lowest BCUT2D eigenvalue weighted by Crippen LogP contribution is -2.14. The molecule has 0 saturated heterocycles. The highest BCUT2D eigenvalue weighted by atomic mass is 16.6. The first-order valence-corrected chi connectivity index (χ1v) is 4.46. The zero-order valence-electron chi connectivity index (χ0n) is 8.71. The van der Waals surface area contributed by atoms with Crippen molar-refractivity contribution in [3.63, 3.8) is 0 Å². The highest BCUT2D eigenvalue weighted by molar-refractivity contribution is 5.86. The molecule has 0 aromatic heterocycles. The van der Waals surface area contributed by atoms with E-state index < -0.39 is 5.97 Å². The average Bonchev–Trinajstić information content (AvgIpc) is 2.14. The highest BCUT2D eigenvalue weighted by Gasteiger charge is 2.08. The number of carbonyl (C=O) groups is 1. The summed E-state index contributed by atoms with van der Waals surface area (Å²) in [6, 6.07) is 0. The summed E-state index contributed by atoms with van der Waals surface area (Å²) in [4.78, 5) is 10.9. The van der Waals surface area contributed by atoms with Gasteiger partial charge in [0, 0.05) is 18.8 Å². The van der Waals surface area contributed by atoms with Crippen LogP contribution in [0.15, 0.2) is 12.2 Å². The Balaban J connectivity index is 3.48. The Hall–Kier alpha value is -0.870. The molecule has 0 rings (SSSR count). The molecular weight excluding hydrogens is 184 g/mol. The lowest BCUT2D eigenvalue weighted by molar-refractivity contribution is -0.140. The van der Waals surface area contributed by atoms with Gasteiger partial charge < -0.3 is 14.6 Å². The molecule has 0 unspecified atom stereocenters. The molecule has 0 amide bonds. The molecule has 0 bridgehead atoms. The third-order valence-corrected chi connectivity index (χ3v) is 1.41. The normalized spacial score (nSPS) is 10.3. The fraction of sp³-hybridized carbons (Fsp3) is 0.600. The topological polar surface area (TPSA) is 55.8 Å². The van der Waals surface area contributed by atoms with Gasteiger partial charge in [-0.2, -0.15) is 0 Å². The number of hydrogen-bond acceptors (Lipinski definition) is 4. The van der Waals surface area contributed by atoms with E-state index in [4.69, 9.17) is 14.6 Å². The quantitative estimate of drug-likeness (QED) is 0.380. The third kappa shape index (κ3) is 6.62. The highest BCUT2D eigenvalue weighted by Crippen LogP contribution is 2.03. The molecule has 1 N–H and O–H groups in total. The summed E-state index contributed by atoms with van der Waals surface area (Å²) in [5.74, 6) is -0.421. The van der Waals surface area contributed by atoms with Crippen LogP contribution in [0.2, 0.25) is 0 Å². The monoisotopic (exact) mass is 201 g/mol. The molecule has 0 spiro atoms. The second-order valence-electron chi connectivity index (χ2n) is 2.98. The van der Waals surface area contributed by atoms with Crippen molar-refractivity contribution in [2.45, 2.75) is 20.3 Å². The summed E-state index contributed by atoms with van der Waals surface area (Å²) in [6.07, 6.45) is 1.19. The zero-order valence-corrected chi connectivity index (χ0v) is 8.71. The molecule has 0 aliphatic rings. The average molecular weight is 201 g/mol. The lowest BCUT2D eigenvalue weighted by Gasteiger charge is -2.11. The Kier molecular flexibility index (Phi) is 7.06. The summed E-state index contributed by atoms with van der Waals surface area (Å²) in [6.45, 7) is 7.43. The Morgan fingerprint density at radius 2 is 2.00 bits per heavy atom. The van der Waals surface area contributed by atoms with Crippen LogP contribution < -0.4 is 0 Å². The molecule has 0 aromatic rings. The first-order chi connectivity index (χ1) is 6.57. The Morgan fingerprint density at radius 3 is 2.50 bits per heavy atom. The van der Waals surface area contributed by atoms with Crippen LogP contribution in [0.3, 0.4) is 0 Å². The summed E-state index contributed by atoms with van der Waals surface area (Å²) >= 11 is 0. The van der Waals surface area contributed by atoms with Crippen molar-refractivity contribution in [2.75, 3.05) is 19.8 Å². The summed E-state index contributed by atoms with van der Waals surface area (Å²) in [7, 11) is 0. The largest absolute Gasteiger partial charge is 0.459 e. The summed E-state index contributed by atoms with van der Waals surface area (Å²) in [5, 5.41) is 8.48. The Labute approximate surface area is 84.5 Å². The van der Waals surface area contributed by atoms with E-state index >= 15 is 0 Å². The van der Waals surface area contributed by atoms with Crippen molar-refractivity contribution >= 4 is 5.97 Å². The molecule has 0 aromatic carbocycles. The van der Waals surface area contributed by atoms with Gasteiger partial charge in [-0.3, -0.25) is 0 Å². The van der Waals surface area contributed by atoms with Crippen molar-refractivity contribution in [1.82, 2.24) is 0 Å². The molecule has 0 aliphatic carbocycles. The standard InChI is InChI=1S/C10H17O4/c1-8(2)10(12)14-7-9(3)13-6-4-5-11/h11H,1,4-7H2,2-3H3. The zero-order chi connectivity index (χ0) is 11.0. The van der Waals surface area contributed by atoms with Gasteiger partial charge in [-0.05, 0) is 20.3 Å². The van der Waals surface area contributed by atoms with Crippen LogP contribution in [0.1, 0.15) is 20.3 Å². The molecule has 0 atom stereocenters. The molecule has 0 fully saturated rings. The molecule has 0 heterocycles. The first kappa shape index (κ1) is 13.1. The van der Waals surface area contributed by atoms with Gasteiger partial charge in [-0.25, -0.2) is 4.79 Å².